The molecule has 5 nitrogen and oxygen atoms in total. The highest BCUT2D eigenvalue weighted by molar-refractivity contribution is 7.89. The van der Waals surface area contributed by atoms with Gasteiger partial charge in [0, 0.05) is 6.04 Å². The summed E-state index contributed by atoms with van der Waals surface area (Å²) in [5.74, 6) is 1.50. The van der Waals surface area contributed by atoms with E-state index in [2.05, 4.69) is 10.0 Å². The lowest BCUT2D eigenvalue weighted by Gasteiger charge is -2.17. The van der Waals surface area contributed by atoms with Gasteiger partial charge < -0.3 is 11.1 Å². The van der Waals surface area contributed by atoms with Gasteiger partial charge in [-0.1, -0.05) is 24.1 Å². The molecule has 26 heavy (non-hydrogen) atoms. The Bertz CT molecular complexity index is 680. The normalized spacial score (nSPS) is 21.0. The highest BCUT2D eigenvalue weighted by atomic mass is 32.2. The van der Waals surface area contributed by atoms with Crippen LogP contribution in [0.3, 0.4) is 0 Å². The van der Waals surface area contributed by atoms with E-state index in [0.29, 0.717) is 4.90 Å². The largest absolute Gasteiger partial charge is 0.330 e. The van der Waals surface area contributed by atoms with Crippen LogP contribution in [-0.4, -0.2) is 34.1 Å². The zero-order valence-electron chi connectivity index (χ0n) is 16.6. The predicted octanol–water partition coefficient (Wildman–Crippen LogP) is 2.63. The van der Waals surface area contributed by atoms with Gasteiger partial charge in [-0.25, -0.2) is 13.1 Å². The summed E-state index contributed by atoms with van der Waals surface area (Å²) in [6.07, 6.45) is 4.18. The fourth-order valence-corrected chi connectivity index (χ4v) is 5.54. The van der Waals surface area contributed by atoms with Crippen LogP contribution in [0.5, 0.6) is 0 Å². The summed E-state index contributed by atoms with van der Waals surface area (Å²) in [7, 11) is -3.47. The van der Waals surface area contributed by atoms with Gasteiger partial charge in [-0.05, 0) is 89.6 Å². The zero-order valence-corrected chi connectivity index (χ0v) is 17.5. The van der Waals surface area contributed by atoms with E-state index < -0.39 is 10.0 Å². The molecule has 148 valence electrons. The lowest BCUT2D eigenvalue weighted by atomic mass is 10.1. The Kier molecular flexibility index (Phi) is 7.64. The van der Waals surface area contributed by atoms with Crippen molar-refractivity contribution in [1.82, 2.24) is 10.0 Å². The number of sulfonamides is 1. The molecule has 1 aliphatic carbocycles. The van der Waals surface area contributed by atoms with Crippen LogP contribution in [0.2, 0.25) is 0 Å². The van der Waals surface area contributed by atoms with E-state index in [9.17, 15) is 8.42 Å². The molecule has 0 radical (unpaired) electrons. The van der Waals surface area contributed by atoms with Gasteiger partial charge in [-0.15, -0.1) is 0 Å². The fourth-order valence-electron chi connectivity index (χ4n) is 3.81. The minimum absolute atomic E-state index is 0.0647. The average molecular weight is 382 g/mol. The third-order valence-electron chi connectivity index (χ3n) is 5.25. The fraction of sp³-hybridized carbons (Fsp3) is 0.700. The van der Waals surface area contributed by atoms with Crippen molar-refractivity contribution in [3.63, 3.8) is 0 Å². The highest BCUT2D eigenvalue weighted by Gasteiger charge is 2.34. The monoisotopic (exact) mass is 381 g/mol. The van der Waals surface area contributed by atoms with Crippen LogP contribution in [0.15, 0.2) is 17.0 Å². The zero-order chi connectivity index (χ0) is 19.3. The molecule has 6 heteroatoms. The Balaban J connectivity index is 1.72. The van der Waals surface area contributed by atoms with Crippen molar-refractivity contribution in [3.8, 4) is 0 Å². The van der Waals surface area contributed by atoms with Crippen LogP contribution >= 0.6 is 0 Å². The van der Waals surface area contributed by atoms with Crippen molar-refractivity contribution in [3.05, 3.63) is 28.8 Å². The number of rotatable bonds is 11. The maximum absolute atomic E-state index is 12.7. The van der Waals surface area contributed by atoms with Gasteiger partial charge in [-0.2, -0.15) is 0 Å². The first kappa shape index (κ1) is 21.4. The number of unbranched alkanes of at least 4 members (excludes halogenated alkanes) is 1. The number of nitrogens with one attached hydrogen (secondary N) is 2. The molecule has 1 aromatic carbocycles. The van der Waals surface area contributed by atoms with E-state index >= 15 is 0 Å². The molecule has 0 aromatic heterocycles. The summed E-state index contributed by atoms with van der Waals surface area (Å²) in [4.78, 5) is 0.426. The van der Waals surface area contributed by atoms with E-state index in [4.69, 9.17) is 5.73 Å². The molecule has 3 unspecified atom stereocenters. The van der Waals surface area contributed by atoms with Crippen molar-refractivity contribution < 1.29 is 8.42 Å². The molecule has 1 aromatic rings. The first-order chi connectivity index (χ1) is 12.2. The molecule has 4 N–H and O–H groups in total. The molecular formula is C20H35N3O2S. The van der Waals surface area contributed by atoms with E-state index in [-0.39, 0.29) is 6.04 Å². The van der Waals surface area contributed by atoms with Gasteiger partial charge in [0.05, 0.1) is 4.90 Å². The van der Waals surface area contributed by atoms with Crippen LogP contribution in [-0.2, 0) is 10.0 Å². The summed E-state index contributed by atoms with van der Waals surface area (Å²) in [6.45, 7) is 10.5. The number of benzene rings is 1. The first-order valence-electron chi connectivity index (χ1n) is 9.75. The Labute approximate surface area is 159 Å². The van der Waals surface area contributed by atoms with Crippen molar-refractivity contribution in [2.45, 2.75) is 64.3 Å². The van der Waals surface area contributed by atoms with Crippen molar-refractivity contribution in [1.29, 1.82) is 0 Å². The topological polar surface area (TPSA) is 84.2 Å². The second-order valence-corrected chi connectivity index (χ2v) is 9.59. The number of nitrogens with two attached hydrogens (primary N) is 1. The molecule has 0 aliphatic heterocycles. The van der Waals surface area contributed by atoms with Crippen molar-refractivity contribution in [2.24, 2.45) is 17.6 Å². The van der Waals surface area contributed by atoms with E-state index in [1.165, 1.54) is 6.42 Å². The van der Waals surface area contributed by atoms with Gasteiger partial charge >= 0.3 is 0 Å². The van der Waals surface area contributed by atoms with Crippen LogP contribution in [0.1, 0.15) is 49.3 Å². The van der Waals surface area contributed by atoms with E-state index in [1.807, 2.05) is 39.8 Å². The minimum Gasteiger partial charge on any atom is -0.330 e. The summed E-state index contributed by atoms with van der Waals surface area (Å²) in [6, 6.07) is 3.78. The summed E-state index contributed by atoms with van der Waals surface area (Å²) >= 11 is 0. The molecular weight excluding hydrogens is 346 g/mol. The van der Waals surface area contributed by atoms with Crippen LogP contribution < -0.4 is 15.8 Å². The Morgan fingerprint density at radius 1 is 1.15 bits per heavy atom. The first-order valence-corrected chi connectivity index (χ1v) is 11.2. The van der Waals surface area contributed by atoms with Crippen LogP contribution in [0.4, 0.5) is 0 Å². The van der Waals surface area contributed by atoms with Gasteiger partial charge in [0.25, 0.3) is 0 Å². The highest BCUT2D eigenvalue weighted by Crippen LogP contribution is 2.36. The molecule has 2 rings (SSSR count). The van der Waals surface area contributed by atoms with Gasteiger partial charge in [0.15, 0.2) is 0 Å². The third-order valence-corrected chi connectivity index (χ3v) is 7.14. The Morgan fingerprint density at radius 3 is 2.38 bits per heavy atom. The molecule has 1 fully saturated rings. The summed E-state index contributed by atoms with van der Waals surface area (Å²) in [5.41, 5.74) is 8.35. The smallest absolute Gasteiger partial charge is 0.241 e. The number of hydrogen-bond acceptors (Lipinski definition) is 4. The molecule has 0 heterocycles. The number of hydrogen-bond donors (Lipinski definition) is 3. The lowest BCUT2D eigenvalue weighted by Crippen LogP contribution is -2.33. The maximum atomic E-state index is 12.7. The maximum Gasteiger partial charge on any atom is 0.241 e. The third kappa shape index (κ3) is 6.05. The molecule has 0 amide bonds. The van der Waals surface area contributed by atoms with Gasteiger partial charge in [0.2, 0.25) is 10.0 Å². The Morgan fingerprint density at radius 2 is 1.81 bits per heavy atom. The quantitative estimate of drug-likeness (QED) is 0.515. The molecule has 3 atom stereocenters. The van der Waals surface area contributed by atoms with Crippen molar-refractivity contribution >= 4 is 10.0 Å². The lowest BCUT2D eigenvalue weighted by molar-refractivity contribution is 0.513. The standard InChI is InChI=1S/C20H35N3O2S/c1-14-9-15(2)20(16(3)10-14)26(24,25)23-17(4)7-5-6-8-22-13-19-11-18(19)12-21/h9-10,17-19,22-23H,5-8,11-13,21H2,1-4H3. The minimum atomic E-state index is -3.47. The molecule has 0 saturated heterocycles. The van der Waals surface area contributed by atoms with Crippen LogP contribution in [0.25, 0.3) is 0 Å². The second kappa shape index (κ2) is 9.31. The number of aryl methyl sites for hydroxylation is 3. The molecule has 0 bridgehead atoms. The average Bonchev–Trinajstić information content (AvgIpc) is 3.27. The second-order valence-electron chi connectivity index (χ2n) is 7.94. The van der Waals surface area contributed by atoms with Crippen molar-refractivity contribution in [2.75, 3.05) is 19.6 Å². The Hall–Kier alpha value is -0.950. The van der Waals surface area contributed by atoms with Gasteiger partial charge in [-0.3, -0.25) is 0 Å². The van der Waals surface area contributed by atoms with E-state index in [1.54, 1.807) is 0 Å². The molecule has 0 spiro atoms. The predicted molar refractivity (Wildman–Crippen MR) is 108 cm³/mol. The summed E-state index contributed by atoms with van der Waals surface area (Å²) in [5, 5.41) is 3.49. The molecule has 1 saturated carbocycles. The SMILES string of the molecule is Cc1cc(C)c(S(=O)(=O)NC(C)CCCCNCC2CC2CN)c(C)c1. The van der Waals surface area contributed by atoms with Gasteiger partial charge in [0.1, 0.15) is 0 Å². The van der Waals surface area contributed by atoms with Crippen LogP contribution in [0, 0.1) is 32.6 Å². The summed E-state index contributed by atoms with van der Waals surface area (Å²) < 4.78 is 28.3. The molecule has 1 aliphatic rings. The van der Waals surface area contributed by atoms with E-state index in [0.717, 1.165) is 67.4 Å².